The minimum atomic E-state index is -3.73. The third-order valence-electron chi connectivity index (χ3n) is 4.29. The van der Waals surface area contributed by atoms with Gasteiger partial charge in [0.1, 0.15) is 5.75 Å². The number of amides is 2. The van der Waals surface area contributed by atoms with Gasteiger partial charge in [0, 0.05) is 17.0 Å². The van der Waals surface area contributed by atoms with E-state index in [1.54, 1.807) is 37.4 Å². The summed E-state index contributed by atoms with van der Waals surface area (Å²) in [5, 5.41) is 4.44. The molecule has 2 aromatic carbocycles. The zero-order chi connectivity index (χ0) is 20.3. The number of sulfone groups is 1. The fourth-order valence-corrected chi connectivity index (χ4v) is 4.89. The molecule has 2 aromatic rings. The van der Waals surface area contributed by atoms with Crippen molar-refractivity contribution in [1.82, 2.24) is 0 Å². The van der Waals surface area contributed by atoms with Crippen LogP contribution in [0.15, 0.2) is 52.3 Å². The Morgan fingerprint density at radius 1 is 1.25 bits per heavy atom. The van der Waals surface area contributed by atoms with E-state index in [1.165, 1.54) is 30.8 Å². The van der Waals surface area contributed by atoms with Gasteiger partial charge < -0.3 is 15.4 Å². The number of anilines is 2. The van der Waals surface area contributed by atoms with Crippen LogP contribution in [0.25, 0.3) is 0 Å². The van der Waals surface area contributed by atoms with Crippen LogP contribution in [0.2, 0.25) is 0 Å². The first kappa shape index (κ1) is 20.2. The minimum absolute atomic E-state index is 0.0822. The molecule has 0 saturated carbocycles. The van der Waals surface area contributed by atoms with Crippen molar-refractivity contribution in [3.8, 4) is 5.75 Å². The number of nitrogens with one attached hydrogen (secondary N) is 2. The lowest BCUT2D eigenvalue weighted by molar-refractivity contribution is -0.116. The standard InChI is InChI=1S/C19H20N2O5S2/c1-12(9-18(22)20-13-3-5-14(26-2)6-4-13)28(24,25)15-7-8-17-16(10-15)21-19(23)11-27-17/h3-8,10,12H,9,11H2,1-2H3,(H,20,22)(H,21,23)/t12-/m1/s1. The predicted octanol–water partition coefficient (Wildman–Crippen LogP) is 2.93. The second-order valence-electron chi connectivity index (χ2n) is 6.33. The minimum Gasteiger partial charge on any atom is -0.497 e. The number of methoxy groups -OCH3 is 1. The molecule has 2 amide bonds. The van der Waals surface area contributed by atoms with E-state index < -0.39 is 21.0 Å². The first-order chi connectivity index (χ1) is 13.3. The summed E-state index contributed by atoms with van der Waals surface area (Å²) in [6.07, 6.45) is -0.188. The zero-order valence-electron chi connectivity index (χ0n) is 15.4. The highest BCUT2D eigenvalue weighted by atomic mass is 32.2. The molecule has 0 unspecified atom stereocenters. The Kier molecular flexibility index (Phi) is 5.95. The lowest BCUT2D eigenvalue weighted by atomic mass is 10.2. The largest absolute Gasteiger partial charge is 0.497 e. The Morgan fingerprint density at radius 3 is 2.64 bits per heavy atom. The Hall–Kier alpha value is -2.52. The molecule has 0 saturated heterocycles. The van der Waals surface area contributed by atoms with E-state index in [4.69, 9.17) is 4.74 Å². The van der Waals surface area contributed by atoms with Gasteiger partial charge in [-0.2, -0.15) is 0 Å². The van der Waals surface area contributed by atoms with Gasteiger partial charge in [-0.05, 0) is 49.4 Å². The second-order valence-corrected chi connectivity index (χ2v) is 9.71. The number of fused-ring (bicyclic) bond motifs is 1. The first-order valence-corrected chi connectivity index (χ1v) is 11.1. The Balaban J connectivity index is 1.70. The fraction of sp³-hybridized carbons (Fsp3) is 0.263. The van der Waals surface area contributed by atoms with E-state index in [-0.39, 0.29) is 17.2 Å². The molecule has 28 heavy (non-hydrogen) atoms. The van der Waals surface area contributed by atoms with Crippen molar-refractivity contribution < 1.29 is 22.7 Å². The molecule has 0 radical (unpaired) electrons. The van der Waals surface area contributed by atoms with E-state index in [0.29, 0.717) is 22.9 Å². The van der Waals surface area contributed by atoms with Crippen LogP contribution in [-0.4, -0.2) is 38.3 Å². The van der Waals surface area contributed by atoms with Crippen LogP contribution < -0.4 is 15.4 Å². The van der Waals surface area contributed by atoms with Crippen molar-refractivity contribution >= 4 is 44.8 Å². The molecule has 9 heteroatoms. The quantitative estimate of drug-likeness (QED) is 0.745. The normalized spacial score (nSPS) is 14.6. The molecule has 148 valence electrons. The summed E-state index contributed by atoms with van der Waals surface area (Å²) in [5.41, 5.74) is 1.04. The van der Waals surface area contributed by atoms with Crippen LogP contribution in [0, 0.1) is 0 Å². The van der Waals surface area contributed by atoms with Crippen LogP contribution >= 0.6 is 11.8 Å². The van der Waals surface area contributed by atoms with Gasteiger partial charge >= 0.3 is 0 Å². The highest BCUT2D eigenvalue weighted by molar-refractivity contribution is 8.00. The molecule has 0 aliphatic carbocycles. The van der Waals surface area contributed by atoms with Gasteiger partial charge in [0.2, 0.25) is 11.8 Å². The van der Waals surface area contributed by atoms with Crippen LogP contribution in [0.4, 0.5) is 11.4 Å². The Bertz CT molecular complexity index is 1000. The summed E-state index contributed by atoms with van der Waals surface area (Å²) in [5.74, 6) is 0.398. The van der Waals surface area contributed by atoms with Crippen molar-refractivity contribution in [1.29, 1.82) is 0 Å². The van der Waals surface area contributed by atoms with Crippen molar-refractivity contribution in [2.75, 3.05) is 23.5 Å². The van der Waals surface area contributed by atoms with Crippen LogP contribution in [0.5, 0.6) is 5.75 Å². The van der Waals surface area contributed by atoms with Gasteiger partial charge in [-0.3, -0.25) is 9.59 Å². The number of rotatable bonds is 6. The molecule has 1 atom stereocenters. The highest BCUT2D eigenvalue weighted by Crippen LogP contribution is 2.34. The third kappa shape index (κ3) is 4.48. The lowest BCUT2D eigenvalue weighted by Gasteiger charge is -2.18. The fourth-order valence-electron chi connectivity index (χ4n) is 2.73. The van der Waals surface area contributed by atoms with Crippen LogP contribution in [0.1, 0.15) is 13.3 Å². The summed E-state index contributed by atoms with van der Waals surface area (Å²) in [7, 11) is -2.18. The van der Waals surface area contributed by atoms with E-state index >= 15 is 0 Å². The molecule has 2 N–H and O–H groups in total. The van der Waals surface area contributed by atoms with E-state index in [0.717, 1.165) is 4.90 Å². The number of thioether (sulfide) groups is 1. The van der Waals surface area contributed by atoms with Gasteiger partial charge in [-0.1, -0.05) is 0 Å². The maximum atomic E-state index is 12.9. The van der Waals surface area contributed by atoms with E-state index in [9.17, 15) is 18.0 Å². The number of carbonyl (C=O) groups is 2. The monoisotopic (exact) mass is 420 g/mol. The molecule has 3 rings (SSSR count). The number of ether oxygens (including phenoxy) is 1. The summed E-state index contributed by atoms with van der Waals surface area (Å²) in [6.45, 7) is 1.50. The smallest absolute Gasteiger partial charge is 0.234 e. The molecule has 0 spiro atoms. The van der Waals surface area contributed by atoms with E-state index in [1.807, 2.05) is 0 Å². The molecule has 1 heterocycles. The SMILES string of the molecule is COc1ccc(NC(=O)C[C@@H](C)S(=O)(=O)c2ccc3c(c2)NC(=O)CS3)cc1. The average molecular weight is 421 g/mol. The molecular weight excluding hydrogens is 400 g/mol. The summed E-state index contributed by atoms with van der Waals surface area (Å²) in [4.78, 5) is 24.7. The van der Waals surface area contributed by atoms with Crippen molar-refractivity contribution in [3.63, 3.8) is 0 Å². The molecular formula is C19H20N2O5S2. The van der Waals surface area contributed by atoms with Gasteiger partial charge in [0.25, 0.3) is 0 Å². The summed E-state index contributed by atoms with van der Waals surface area (Å²) < 4.78 is 30.8. The summed E-state index contributed by atoms with van der Waals surface area (Å²) >= 11 is 1.36. The molecule has 0 bridgehead atoms. The molecule has 1 aliphatic rings. The molecule has 7 nitrogen and oxygen atoms in total. The number of hydrogen-bond acceptors (Lipinski definition) is 6. The number of hydrogen-bond donors (Lipinski definition) is 2. The zero-order valence-corrected chi connectivity index (χ0v) is 17.0. The lowest BCUT2D eigenvalue weighted by Crippen LogP contribution is -2.25. The van der Waals surface area contributed by atoms with Gasteiger partial charge in [0.15, 0.2) is 9.84 Å². The van der Waals surface area contributed by atoms with Crippen molar-refractivity contribution in [2.24, 2.45) is 0 Å². The van der Waals surface area contributed by atoms with Crippen molar-refractivity contribution in [2.45, 2.75) is 28.4 Å². The summed E-state index contributed by atoms with van der Waals surface area (Å²) in [6, 6.07) is 11.4. The second kappa shape index (κ2) is 8.24. The number of carbonyl (C=O) groups excluding carboxylic acids is 2. The molecule has 1 aliphatic heterocycles. The predicted molar refractivity (Wildman–Crippen MR) is 109 cm³/mol. The maximum Gasteiger partial charge on any atom is 0.234 e. The maximum absolute atomic E-state index is 12.9. The third-order valence-corrected chi connectivity index (χ3v) is 7.50. The van der Waals surface area contributed by atoms with Crippen LogP contribution in [-0.2, 0) is 19.4 Å². The van der Waals surface area contributed by atoms with Crippen molar-refractivity contribution in [3.05, 3.63) is 42.5 Å². The first-order valence-electron chi connectivity index (χ1n) is 8.54. The van der Waals surface area contributed by atoms with E-state index in [2.05, 4.69) is 10.6 Å². The number of benzene rings is 2. The topological polar surface area (TPSA) is 102 Å². The van der Waals surface area contributed by atoms with Gasteiger partial charge in [-0.25, -0.2) is 8.42 Å². The highest BCUT2D eigenvalue weighted by Gasteiger charge is 2.27. The van der Waals surface area contributed by atoms with Gasteiger partial charge in [-0.15, -0.1) is 11.8 Å². The average Bonchev–Trinajstić information content (AvgIpc) is 2.67. The Labute approximate surface area is 167 Å². The Morgan fingerprint density at radius 2 is 1.96 bits per heavy atom. The van der Waals surface area contributed by atoms with Crippen LogP contribution in [0.3, 0.4) is 0 Å². The molecule has 0 aromatic heterocycles. The van der Waals surface area contributed by atoms with Gasteiger partial charge in [0.05, 0.1) is 28.7 Å². The molecule has 0 fully saturated rings.